The number of amides is 1. The van der Waals surface area contributed by atoms with E-state index in [2.05, 4.69) is 54.8 Å². The third-order valence-corrected chi connectivity index (χ3v) is 6.62. The predicted octanol–water partition coefficient (Wildman–Crippen LogP) is 6.03. The number of ether oxygens (including phenoxy) is 1. The number of fused-ring (bicyclic) bond motifs is 1. The number of benzene rings is 3. The molecule has 1 fully saturated rings. The van der Waals surface area contributed by atoms with Crippen molar-refractivity contribution < 1.29 is 9.53 Å². The number of para-hydroxylation sites is 3. The number of nitrogens with zero attached hydrogens (tertiary/aromatic N) is 3. The molecule has 5 heteroatoms. The number of carbonyl (C=O) groups is 1. The van der Waals surface area contributed by atoms with Gasteiger partial charge in [-0.3, -0.25) is 4.79 Å². The molecule has 1 aliphatic rings. The van der Waals surface area contributed by atoms with Gasteiger partial charge < -0.3 is 14.2 Å². The monoisotopic (exact) mass is 453 g/mol. The summed E-state index contributed by atoms with van der Waals surface area (Å²) in [5.74, 6) is 2.19. The average Bonchev–Trinajstić information content (AvgIpc) is 3.41. The SMILES string of the molecule is Cc1ccc(C)c(N2CC(c3nc4ccccc4n3CCCCOc3ccccc3)CC2=O)c1. The average molecular weight is 454 g/mol. The quantitative estimate of drug-likeness (QED) is 0.306. The first-order valence-corrected chi connectivity index (χ1v) is 12.1. The Hall–Kier alpha value is -3.60. The minimum absolute atomic E-state index is 0.0837. The van der Waals surface area contributed by atoms with Crippen LogP contribution in [0.5, 0.6) is 5.75 Å². The fourth-order valence-electron chi connectivity index (χ4n) is 4.84. The smallest absolute Gasteiger partial charge is 0.227 e. The maximum atomic E-state index is 13.1. The van der Waals surface area contributed by atoms with Crippen molar-refractivity contribution in [3.05, 3.63) is 89.7 Å². The zero-order chi connectivity index (χ0) is 23.5. The zero-order valence-electron chi connectivity index (χ0n) is 19.9. The highest BCUT2D eigenvalue weighted by Gasteiger charge is 2.35. The normalized spacial score (nSPS) is 15.9. The van der Waals surface area contributed by atoms with Gasteiger partial charge in [-0.05, 0) is 68.1 Å². The minimum Gasteiger partial charge on any atom is -0.494 e. The lowest BCUT2D eigenvalue weighted by molar-refractivity contribution is -0.117. The van der Waals surface area contributed by atoms with E-state index >= 15 is 0 Å². The van der Waals surface area contributed by atoms with Gasteiger partial charge in [0, 0.05) is 31.1 Å². The summed E-state index contributed by atoms with van der Waals surface area (Å²) in [4.78, 5) is 20.0. The number of anilines is 1. The summed E-state index contributed by atoms with van der Waals surface area (Å²) in [6.07, 6.45) is 2.44. The van der Waals surface area contributed by atoms with Crippen LogP contribution in [0.4, 0.5) is 5.69 Å². The molecule has 5 rings (SSSR count). The highest BCUT2D eigenvalue weighted by Crippen LogP contribution is 2.35. The van der Waals surface area contributed by atoms with Crippen LogP contribution >= 0.6 is 0 Å². The molecular weight excluding hydrogens is 422 g/mol. The van der Waals surface area contributed by atoms with Gasteiger partial charge in [-0.15, -0.1) is 0 Å². The number of aromatic nitrogens is 2. The molecule has 0 aliphatic carbocycles. The highest BCUT2D eigenvalue weighted by atomic mass is 16.5. The Labute approximate surface area is 201 Å². The molecule has 4 aromatic rings. The molecular formula is C29H31N3O2. The van der Waals surface area contributed by atoms with E-state index < -0.39 is 0 Å². The first kappa shape index (κ1) is 22.2. The second-order valence-electron chi connectivity index (χ2n) is 9.17. The van der Waals surface area contributed by atoms with Crippen molar-refractivity contribution in [2.24, 2.45) is 0 Å². The number of hydrogen-bond donors (Lipinski definition) is 0. The van der Waals surface area contributed by atoms with E-state index in [1.807, 2.05) is 41.3 Å². The predicted molar refractivity (Wildman–Crippen MR) is 137 cm³/mol. The first-order valence-electron chi connectivity index (χ1n) is 12.1. The number of hydrogen-bond acceptors (Lipinski definition) is 3. The lowest BCUT2D eigenvalue weighted by atomic mass is 10.1. The largest absolute Gasteiger partial charge is 0.494 e. The molecule has 0 bridgehead atoms. The molecule has 1 aromatic heterocycles. The van der Waals surface area contributed by atoms with Crippen LogP contribution in [0.1, 0.15) is 42.1 Å². The molecule has 1 saturated heterocycles. The third kappa shape index (κ3) is 4.56. The Morgan fingerprint density at radius 1 is 0.971 bits per heavy atom. The van der Waals surface area contributed by atoms with Crippen LogP contribution in [0.25, 0.3) is 11.0 Å². The van der Waals surface area contributed by atoms with Gasteiger partial charge in [0.2, 0.25) is 5.91 Å². The molecule has 0 N–H and O–H groups in total. The molecule has 2 heterocycles. The van der Waals surface area contributed by atoms with Crippen molar-refractivity contribution in [1.29, 1.82) is 0 Å². The van der Waals surface area contributed by atoms with Gasteiger partial charge in [-0.25, -0.2) is 4.98 Å². The molecule has 5 nitrogen and oxygen atoms in total. The molecule has 0 saturated carbocycles. The van der Waals surface area contributed by atoms with E-state index in [1.165, 1.54) is 5.56 Å². The Balaban J connectivity index is 1.33. The van der Waals surface area contributed by atoms with Crippen LogP contribution < -0.4 is 9.64 Å². The lowest BCUT2D eigenvalue weighted by Gasteiger charge is -2.20. The maximum Gasteiger partial charge on any atom is 0.227 e. The van der Waals surface area contributed by atoms with Crippen LogP contribution in [0, 0.1) is 13.8 Å². The Morgan fingerprint density at radius 3 is 2.62 bits per heavy atom. The van der Waals surface area contributed by atoms with Crippen molar-refractivity contribution in [3.63, 3.8) is 0 Å². The van der Waals surface area contributed by atoms with E-state index in [9.17, 15) is 4.79 Å². The molecule has 1 atom stereocenters. The summed E-state index contributed by atoms with van der Waals surface area (Å²) in [6.45, 7) is 6.37. The van der Waals surface area contributed by atoms with Crippen molar-refractivity contribution in [2.45, 2.75) is 45.6 Å². The highest BCUT2D eigenvalue weighted by molar-refractivity contribution is 5.97. The zero-order valence-corrected chi connectivity index (χ0v) is 19.9. The molecule has 0 spiro atoms. The number of rotatable bonds is 8. The number of unbranched alkanes of at least 4 members (excludes halogenated alkanes) is 1. The Bertz CT molecular complexity index is 1300. The molecule has 1 aliphatic heterocycles. The fraction of sp³-hybridized carbons (Fsp3) is 0.310. The first-order chi connectivity index (χ1) is 16.6. The third-order valence-electron chi connectivity index (χ3n) is 6.62. The van der Waals surface area contributed by atoms with Crippen LogP contribution in [-0.2, 0) is 11.3 Å². The number of imidazole rings is 1. The topological polar surface area (TPSA) is 47.4 Å². The summed E-state index contributed by atoms with van der Waals surface area (Å²) >= 11 is 0. The molecule has 0 radical (unpaired) electrons. The Morgan fingerprint density at radius 2 is 1.76 bits per heavy atom. The van der Waals surface area contributed by atoms with Gasteiger partial charge in [0.25, 0.3) is 0 Å². The van der Waals surface area contributed by atoms with Crippen LogP contribution in [0.3, 0.4) is 0 Å². The Kier molecular flexibility index (Phi) is 6.35. The number of carbonyl (C=O) groups excluding carboxylic acids is 1. The number of aryl methyl sites for hydroxylation is 3. The van der Waals surface area contributed by atoms with Crippen LogP contribution in [-0.4, -0.2) is 28.6 Å². The fourth-order valence-corrected chi connectivity index (χ4v) is 4.84. The van der Waals surface area contributed by atoms with Crippen LogP contribution in [0.15, 0.2) is 72.8 Å². The van der Waals surface area contributed by atoms with E-state index in [0.29, 0.717) is 19.6 Å². The summed E-state index contributed by atoms with van der Waals surface area (Å²) < 4.78 is 8.19. The van der Waals surface area contributed by atoms with E-state index in [4.69, 9.17) is 9.72 Å². The van der Waals surface area contributed by atoms with Crippen molar-refractivity contribution in [3.8, 4) is 5.75 Å². The van der Waals surface area contributed by atoms with Gasteiger partial charge in [0.15, 0.2) is 0 Å². The van der Waals surface area contributed by atoms with Gasteiger partial charge in [0.05, 0.1) is 17.6 Å². The molecule has 3 aromatic carbocycles. The van der Waals surface area contributed by atoms with E-state index in [1.54, 1.807) is 0 Å². The molecule has 174 valence electrons. The van der Waals surface area contributed by atoms with Gasteiger partial charge in [-0.1, -0.05) is 42.5 Å². The summed E-state index contributed by atoms with van der Waals surface area (Å²) in [6, 6.07) is 24.5. The van der Waals surface area contributed by atoms with Crippen LogP contribution in [0.2, 0.25) is 0 Å². The van der Waals surface area contributed by atoms with Crippen molar-refractivity contribution >= 4 is 22.6 Å². The summed E-state index contributed by atoms with van der Waals surface area (Å²) in [5, 5.41) is 0. The maximum absolute atomic E-state index is 13.1. The molecule has 1 unspecified atom stereocenters. The van der Waals surface area contributed by atoms with Gasteiger partial charge >= 0.3 is 0 Å². The summed E-state index contributed by atoms with van der Waals surface area (Å²) in [5.41, 5.74) is 5.45. The molecule has 34 heavy (non-hydrogen) atoms. The lowest BCUT2D eigenvalue weighted by Crippen LogP contribution is -2.25. The molecule has 1 amide bonds. The second kappa shape index (κ2) is 9.72. The van der Waals surface area contributed by atoms with E-state index in [0.717, 1.165) is 53.2 Å². The van der Waals surface area contributed by atoms with Gasteiger partial charge in [-0.2, -0.15) is 0 Å². The second-order valence-corrected chi connectivity index (χ2v) is 9.17. The summed E-state index contributed by atoms with van der Waals surface area (Å²) in [7, 11) is 0. The van der Waals surface area contributed by atoms with Crippen molar-refractivity contribution in [2.75, 3.05) is 18.1 Å². The van der Waals surface area contributed by atoms with Gasteiger partial charge in [0.1, 0.15) is 11.6 Å². The van der Waals surface area contributed by atoms with E-state index in [-0.39, 0.29) is 11.8 Å². The standard InChI is InChI=1S/C29H31N3O2/c1-21-14-15-22(2)27(18-21)32-20-23(19-28(32)33)29-30-25-12-6-7-13-26(25)31(29)16-8-9-17-34-24-10-4-3-5-11-24/h3-7,10-15,18,23H,8-9,16-17,19-20H2,1-2H3. The minimum atomic E-state index is 0.0837. The van der Waals surface area contributed by atoms with Crippen molar-refractivity contribution in [1.82, 2.24) is 9.55 Å².